The van der Waals surface area contributed by atoms with Crippen LogP contribution in [-0.4, -0.2) is 23.7 Å². The molecule has 0 saturated carbocycles. The van der Waals surface area contributed by atoms with Gasteiger partial charge in [-0.05, 0) is 42.7 Å². The van der Waals surface area contributed by atoms with Gasteiger partial charge in [-0.15, -0.1) is 0 Å². The second-order valence-corrected chi connectivity index (χ2v) is 7.48. The summed E-state index contributed by atoms with van der Waals surface area (Å²) in [5, 5.41) is 0. The Labute approximate surface area is 160 Å². The lowest BCUT2D eigenvalue weighted by Gasteiger charge is -2.42. The molecule has 3 rings (SSSR count). The van der Waals surface area contributed by atoms with Gasteiger partial charge in [-0.1, -0.05) is 22.0 Å². The molecule has 0 unspecified atom stereocenters. The molecule has 0 saturated heterocycles. The summed E-state index contributed by atoms with van der Waals surface area (Å²) in [6.07, 6.45) is -4.66. The molecular weight excluding hydrogens is 438 g/mol. The maximum Gasteiger partial charge on any atom is 0.401 e. The van der Waals surface area contributed by atoms with Crippen molar-refractivity contribution in [1.82, 2.24) is 4.90 Å². The lowest BCUT2D eigenvalue weighted by Crippen LogP contribution is -2.48. The van der Waals surface area contributed by atoms with Crippen molar-refractivity contribution < 1.29 is 26.3 Å². The first-order valence-corrected chi connectivity index (χ1v) is 8.82. The van der Waals surface area contributed by atoms with Crippen LogP contribution in [0.2, 0.25) is 0 Å². The van der Waals surface area contributed by atoms with E-state index in [4.69, 9.17) is 5.73 Å². The number of hydrogen-bond acceptors (Lipinski definition) is 2. The largest absolute Gasteiger partial charge is 0.401 e. The van der Waals surface area contributed by atoms with E-state index >= 15 is 0 Å². The monoisotopic (exact) mass is 452 g/mol. The van der Waals surface area contributed by atoms with E-state index in [1.807, 2.05) is 0 Å². The lowest BCUT2D eigenvalue weighted by atomic mass is 9.84. The summed E-state index contributed by atoms with van der Waals surface area (Å²) in [5.41, 5.74) is 4.99. The molecule has 0 amide bonds. The van der Waals surface area contributed by atoms with Crippen molar-refractivity contribution in [2.45, 2.75) is 31.6 Å². The van der Waals surface area contributed by atoms with Crippen LogP contribution in [0, 0.1) is 17.5 Å². The molecule has 27 heavy (non-hydrogen) atoms. The zero-order valence-electron chi connectivity index (χ0n) is 14.0. The summed E-state index contributed by atoms with van der Waals surface area (Å²) in [7, 11) is 0. The Kier molecular flexibility index (Phi) is 5.20. The van der Waals surface area contributed by atoms with Crippen LogP contribution in [0.3, 0.4) is 0 Å². The highest BCUT2D eigenvalue weighted by atomic mass is 79.9. The van der Waals surface area contributed by atoms with E-state index < -0.39 is 47.8 Å². The Morgan fingerprint density at radius 3 is 2.30 bits per heavy atom. The maximum atomic E-state index is 14.6. The third-order valence-electron chi connectivity index (χ3n) is 4.68. The van der Waals surface area contributed by atoms with Gasteiger partial charge >= 0.3 is 6.18 Å². The van der Waals surface area contributed by atoms with Gasteiger partial charge in [0.25, 0.3) is 0 Å². The molecule has 2 aromatic rings. The molecule has 2 aromatic carbocycles. The number of fused-ring (bicyclic) bond motifs is 1. The van der Waals surface area contributed by atoms with E-state index in [-0.39, 0.29) is 27.7 Å². The summed E-state index contributed by atoms with van der Waals surface area (Å²) in [4.78, 5) is 0.938. The molecule has 0 aromatic heterocycles. The van der Waals surface area contributed by atoms with Crippen molar-refractivity contribution in [2.75, 3.05) is 12.3 Å². The van der Waals surface area contributed by atoms with Crippen LogP contribution in [0.15, 0.2) is 28.7 Å². The summed E-state index contributed by atoms with van der Waals surface area (Å²) in [5.74, 6) is -2.80. The molecule has 9 heteroatoms. The Bertz CT molecular complexity index is 860. The normalized spacial score (nSPS) is 20.6. The van der Waals surface area contributed by atoms with Crippen LogP contribution in [-0.2, 0) is 6.42 Å². The van der Waals surface area contributed by atoms with Gasteiger partial charge in [0.2, 0.25) is 0 Å². The summed E-state index contributed by atoms with van der Waals surface area (Å²) < 4.78 is 83.3. The number of anilines is 1. The van der Waals surface area contributed by atoms with Gasteiger partial charge in [-0.3, -0.25) is 4.90 Å². The average Bonchev–Trinajstić information content (AvgIpc) is 2.52. The van der Waals surface area contributed by atoms with E-state index in [0.29, 0.717) is 0 Å². The third-order valence-corrected chi connectivity index (χ3v) is 5.14. The fourth-order valence-corrected chi connectivity index (χ4v) is 3.96. The topological polar surface area (TPSA) is 29.3 Å². The van der Waals surface area contributed by atoms with Gasteiger partial charge in [0.15, 0.2) is 0 Å². The van der Waals surface area contributed by atoms with Gasteiger partial charge in [0.05, 0.1) is 18.3 Å². The molecule has 0 fully saturated rings. The highest BCUT2D eigenvalue weighted by Gasteiger charge is 2.43. The minimum absolute atomic E-state index is 0.0570. The second kappa shape index (κ2) is 7.01. The van der Waals surface area contributed by atoms with Crippen LogP contribution in [0.25, 0.3) is 0 Å². The molecule has 146 valence electrons. The first-order chi connectivity index (χ1) is 12.5. The molecule has 0 radical (unpaired) electrons. The standard InChI is InChI=1S/C18H15BrF6N2/c1-8-4-11-10(2-3-14(26)16(11)22)17(27(8)7-18(23,24)25)15-12(20)5-9(19)6-13(15)21/h2-3,5-6,8,17H,4,7,26H2,1H3/t8-,17+/m1/s1. The Morgan fingerprint density at radius 1 is 1.15 bits per heavy atom. The van der Waals surface area contributed by atoms with E-state index in [9.17, 15) is 26.3 Å². The number of alkyl halides is 3. The molecule has 2 nitrogen and oxygen atoms in total. The van der Waals surface area contributed by atoms with Crippen LogP contribution in [0.4, 0.5) is 32.0 Å². The molecule has 2 N–H and O–H groups in total. The second-order valence-electron chi connectivity index (χ2n) is 6.56. The highest BCUT2D eigenvalue weighted by Crippen LogP contribution is 2.43. The van der Waals surface area contributed by atoms with Gasteiger partial charge in [0, 0.05) is 16.1 Å². The molecule has 1 heterocycles. The van der Waals surface area contributed by atoms with Crippen molar-refractivity contribution in [3.63, 3.8) is 0 Å². The summed E-state index contributed by atoms with van der Waals surface area (Å²) in [6, 6.07) is 2.20. The average molecular weight is 453 g/mol. The van der Waals surface area contributed by atoms with Crippen molar-refractivity contribution in [2.24, 2.45) is 0 Å². The molecule has 0 bridgehead atoms. The van der Waals surface area contributed by atoms with E-state index in [1.54, 1.807) is 0 Å². The van der Waals surface area contributed by atoms with E-state index in [0.717, 1.165) is 17.0 Å². The number of hydrogen-bond donors (Lipinski definition) is 1. The Balaban J connectivity index is 2.27. The van der Waals surface area contributed by atoms with E-state index in [1.165, 1.54) is 19.1 Å². The fraction of sp³-hybridized carbons (Fsp3) is 0.333. The minimum atomic E-state index is -4.60. The zero-order chi connectivity index (χ0) is 20.1. The van der Waals surface area contributed by atoms with Crippen molar-refractivity contribution in [3.8, 4) is 0 Å². The number of benzene rings is 2. The number of nitrogens with zero attached hydrogens (tertiary/aromatic N) is 1. The first kappa shape index (κ1) is 20.0. The number of rotatable bonds is 2. The first-order valence-electron chi connectivity index (χ1n) is 8.03. The minimum Gasteiger partial charge on any atom is -0.396 e. The van der Waals surface area contributed by atoms with Crippen molar-refractivity contribution in [1.29, 1.82) is 0 Å². The van der Waals surface area contributed by atoms with Crippen molar-refractivity contribution in [3.05, 3.63) is 62.9 Å². The van der Waals surface area contributed by atoms with Crippen LogP contribution >= 0.6 is 15.9 Å². The molecule has 0 spiro atoms. The van der Waals surface area contributed by atoms with Gasteiger partial charge in [-0.2, -0.15) is 13.2 Å². The summed E-state index contributed by atoms with van der Waals surface area (Å²) in [6.45, 7) is 0.0676. The number of nitrogens with two attached hydrogens (primary N) is 1. The van der Waals surface area contributed by atoms with Crippen LogP contribution in [0.1, 0.15) is 29.7 Å². The fourth-order valence-electron chi connectivity index (χ4n) is 3.55. The van der Waals surface area contributed by atoms with Gasteiger partial charge < -0.3 is 5.73 Å². The molecule has 1 aliphatic heterocycles. The number of nitrogen functional groups attached to an aromatic ring is 1. The molecule has 2 atom stereocenters. The lowest BCUT2D eigenvalue weighted by molar-refractivity contribution is -0.155. The smallest absolute Gasteiger partial charge is 0.396 e. The Morgan fingerprint density at radius 2 is 1.74 bits per heavy atom. The Hall–Kier alpha value is -1.74. The van der Waals surface area contributed by atoms with Crippen LogP contribution < -0.4 is 5.73 Å². The van der Waals surface area contributed by atoms with Crippen LogP contribution in [0.5, 0.6) is 0 Å². The molecule has 1 aliphatic rings. The quantitative estimate of drug-likeness (QED) is 0.491. The zero-order valence-corrected chi connectivity index (χ0v) is 15.6. The van der Waals surface area contributed by atoms with Gasteiger partial charge in [-0.25, -0.2) is 13.2 Å². The predicted molar refractivity (Wildman–Crippen MR) is 92.6 cm³/mol. The van der Waals surface area contributed by atoms with Gasteiger partial charge in [0.1, 0.15) is 17.5 Å². The summed E-state index contributed by atoms with van der Waals surface area (Å²) >= 11 is 2.95. The third kappa shape index (κ3) is 3.80. The number of halogens is 7. The van der Waals surface area contributed by atoms with Crippen molar-refractivity contribution >= 4 is 21.6 Å². The molecular formula is C18H15BrF6N2. The predicted octanol–water partition coefficient (Wildman–Crippen LogP) is 5.35. The SMILES string of the molecule is C[C@@H]1Cc2c(ccc(N)c2F)[C@@H](c2c(F)cc(Br)cc2F)N1CC(F)(F)F. The maximum absolute atomic E-state index is 14.6. The van der Waals surface area contributed by atoms with E-state index in [2.05, 4.69) is 15.9 Å². The highest BCUT2D eigenvalue weighted by molar-refractivity contribution is 9.10. The molecule has 0 aliphatic carbocycles.